The monoisotopic (exact) mass is 493 g/mol. The summed E-state index contributed by atoms with van der Waals surface area (Å²) in [5, 5.41) is 2.67. The Morgan fingerprint density at radius 1 is 0.971 bits per heavy atom. The molecule has 1 amide bonds. The molecule has 1 unspecified atom stereocenters. The third kappa shape index (κ3) is 6.04. The van der Waals surface area contributed by atoms with Crippen LogP contribution in [0.15, 0.2) is 88.8 Å². The van der Waals surface area contributed by atoms with Gasteiger partial charge in [0.2, 0.25) is 0 Å². The maximum atomic E-state index is 12.4. The Morgan fingerprint density at radius 3 is 2.40 bits per heavy atom. The molecule has 0 aromatic heterocycles. The molecular formula is C25H23N3O6S. The molecule has 1 atom stereocenters. The summed E-state index contributed by atoms with van der Waals surface area (Å²) in [6.07, 6.45) is -1.08. The van der Waals surface area contributed by atoms with Crippen molar-refractivity contribution in [2.45, 2.75) is 24.5 Å². The molecule has 3 aromatic rings. The van der Waals surface area contributed by atoms with Crippen molar-refractivity contribution >= 4 is 33.4 Å². The van der Waals surface area contributed by atoms with E-state index in [-0.39, 0.29) is 10.7 Å². The maximum Gasteiger partial charge on any atom is 0.328 e. The molecule has 1 heterocycles. The molecule has 10 heteroatoms. The van der Waals surface area contributed by atoms with Gasteiger partial charge in [0.05, 0.1) is 4.90 Å². The number of esters is 1. The molecule has 0 bridgehead atoms. The van der Waals surface area contributed by atoms with E-state index < -0.39 is 34.5 Å². The number of carbonyl (C=O) groups is 2. The van der Waals surface area contributed by atoms with Crippen LogP contribution >= 0.6 is 0 Å². The van der Waals surface area contributed by atoms with E-state index in [9.17, 15) is 18.0 Å². The van der Waals surface area contributed by atoms with Crippen LogP contribution < -0.4 is 14.8 Å². The van der Waals surface area contributed by atoms with Crippen molar-refractivity contribution in [3.8, 4) is 5.75 Å². The Bertz CT molecular complexity index is 1360. The highest BCUT2D eigenvalue weighted by Gasteiger charge is 2.30. The van der Waals surface area contributed by atoms with Crippen LogP contribution in [0.5, 0.6) is 5.75 Å². The number of sulfonamides is 1. The van der Waals surface area contributed by atoms with Crippen LogP contribution in [0.3, 0.4) is 0 Å². The number of hydrogen-bond donors (Lipinski definition) is 2. The van der Waals surface area contributed by atoms with Gasteiger partial charge in [-0.2, -0.15) is 0 Å². The number of rotatable bonds is 8. The minimum Gasteiger partial charge on any atom is -0.489 e. The highest BCUT2D eigenvalue weighted by molar-refractivity contribution is 7.90. The number of nitrogens with one attached hydrogen (secondary N) is 2. The van der Waals surface area contributed by atoms with Crippen molar-refractivity contribution in [2.75, 3.05) is 11.9 Å². The summed E-state index contributed by atoms with van der Waals surface area (Å²) in [4.78, 5) is 28.7. The number of benzene rings is 3. The second-order valence-corrected chi connectivity index (χ2v) is 9.34. The molecule has 9 nitrogen and oxygen atoms in total. The van der Waals surface area contributed by atoms with Gasteiger partial charge in [-0.25, -0.2) is 8.42 Å². The molecule has 0 saturated heterocycles. The minimum absolute atomic E-state index is 0.0595. The lowest BCUT2D eigenvalue weighted by Gasteiger charge is -2.13. The second kappa shape index (κ2) is 10.4. The largest absolute Gasteiger partial charge is 0.489 e. The molecule has 0 saturated carbocycles. The Morgan fingerprint density at radius 2 is 1.66 bits per heavy atom. The zero-order chi connectivity index (χ0) is 24.8. The Balaban J connectivity index is 1.27. The summed E-state index contributed by atoms with van der Waals surface area (Å²) in [5.74, 6) is -0.581. The van der Waals surface area contributed by atoms with Crippen molar-refractivity contribution in [1.29, 1.82) is 0 Å². The first kappa shape index (κ1) is 24.0. The Kier molecular flexibility index (Phi) is 7.11. The molecule has 1 aliphatic rings. The van der Waals surface area contributed by atoms with Crippen molar-refractivity contribution in [3.63, 3.8) is 0 Å². The number of nitrogens with zero attached hydrogens (tertiary/aromatic N) is 1. The lowest BCUT2D eigenvalue weighted by atomic mass is 10.2. The van der Waals surface area contributed by atoms with Gasteiger partial charge in [-0.15, -0.1) is 0 Å². The van der Waals surface area contributed by atoms with Crippen LogP contribution in [0.4, 0.5) is 5.69 Å². The first-order chi connectivity index (χ1) is 16.8. The fourth-order valence-corrected chi connectivity index (χ4v) is 4.55. The Hall–Kier alpha value is -4.18. The number of amides is 1. The topological polar surface area (TPSA) is 123 Å². The number of fused-ring (bicyclic) bond motifs is 1. The van der Waals surface area contributed by atoms with Crippen LogP contribution in [-0.2, 0) is 31.0 Å². The SMILES string of the molecule is CC(OC(=O)CN=C1NS(=O)(=O)c2ccccc21)C(=O)Nc1ccc(OCc2ccccc2)cc1. The summed E-state index contributed by atoms with van der Waals surface area (Å²) >= 11 is 0. The van der Waals surface area contributed by atoms with Crippen LogP contribution in [0.25, 0.3) is 0 Å². The van der Waals surface area contributed by atoms with E-state index in [4.69, 9.17) is 9.47 Å². The van der Waals surface area contributed by atoms with E-state index >= 15 is 0 Å². The predicted molar refractivity (Wildman–Crippen MR) is 130 cm³/mol. The number of amidine groups is 1. The average molecular weight is 494 g/mol. The van der Waals surface area contributed by atoms with E-state index in [2.05, 4.69) is 15.0 Å². The molecule has 0 spiro atoms. The molecule has 35 heavy (non-hydrogen) atoms. The van der Waals surface area contributed by atoms with E-state index in [1.54, 1.807) is 42.5 Å². The summed E-state index contributed by atoms with van der Waals surface area (Å²) in [6, 6.07) is 22.9. The molecule has 2 N–H and O–H groups in total. The Labute approximate surface area is 202 Å². The lowest BCUT2D eigenvalue weighted by Crippen LogP contribution is -2.31. The molecule has 0 radical (unpaired) electrons. The highest BCUT2D eigenvalue weighted by Crippen LogP contribution is 2.22. The fourth-order valence-electron chi connectivity index (χ4n) is 3.30. The van der Waals surface area contributed by atoms with Gasteiger partial charge in [-0.05, 0) is 48.9 Å². The fraction of sp³-hybridized carbons (Fsp3) is 0.160. The number of ether oxygens (including phenoxy) is 2. The van der Waals surface area contributed by atoms with Crippen LogP contribution in [0, 0.1) is 0 Å². The third-order valence-corrected chi connectivity index (χ3v) is 6.47. The van der Waals surface area contributed by atoms with Gasteiger partial charge >= 0.3 is 5.97 Å². The quantitative estimate of drug-likeness (QED) is 0.465. The average Bonchev–Trinajstić information content (AvgIpc) is 3.13. The van der Waals surface area contributed by atoms with Crippen LogP contribution in [0.1, 0.15) is 18.1 Å². The normalized spacial score (nSPS) is 15.5. The first-order valence-corrected chi connectivity index (χ1v) is 12.2. The minimum atomic E-state index is -3.70. The molecule has 1 aliphatic heterocycles. The van der Waals surface area contributed by atoms with E-state index in [0.29, 0.717) is 23.6 Å². The van der Waals surface area contributed by atoms with Gasteiger partial charge in [0.25, 0.3) is 15.9 Å². The number of anilines is 1. The molecule has 0 aliphatic carbocycles. The zero-order valence-electron chi connectivity index (χ0n) is 18.8. The summed E-state index contributed by atoms with van der Waals surface area (Å²) < 4.78 is 37.4. The first-order valence-electron chi connectivity index (χ1n) is 10.8. The molecule has 3 aromatic carbocycles. The van der Waals surface area contributed by atoms with Crippen molar-refractivity contribution in [3.05, 3.63) is 90.0 Å². The van der Waals surface area contributed by atoms with Crippen molar-refractivity contribution in [1.82, 2.24) is 4.72 Å². The highest BCUT2D eigenvalue weighted by atomic mass is 32.2. The van der Waals surface area contributed by atoms with E-state index in [1.807, 2.05) is 30.3 Å². The zero-order valence-corrected chi connectivity index (χ0v) is 19.6. The van der Waals surface area contributed by atoms with Crippen molar-refractivity contribution in [2.24, 2.45) is 4.99 Å². The van der Waals surface area contributed by atoms with Gasteiger partial charge in [0, 0.05) is 11.3 Å². The maximum absolute atomic E-state index is 12.4. The summed E-state index contributed by atoms with van der Waals surface area (Å²) in [7, 11) is -3.70. The smallest absolute Gasteiger partial charge is 0.328 e. The molecule has 4 rings (SSSR count). The van der Waals surface area contributed by atoms with Crippen LogP contribution in [0.2, 0.25) is 0 Å². The van der Waals surface area contributed by atoms with Gasteiger partial charge in [0.1, 0.15) is 24.7 Å². The van der Waals surface area contributed by atoms with Crippen LogP contribution in [-0.4, -0.2) is 38.8 Å². The predicted octanol–water partition coefficient (Wildman–Crippen LogP) is 2.87. The third-order valence-electron chi connectivity index (χ3n) is 5.08. The standard InChI is InChI=1S/C25H23N3O6S/c1-17(34-23(29)15-26-24-21-9-5-6-10-22(21)35(31,32)28-24)25(30)27-19-11-13-20(14-12-19)33-16-18-7-3-2-4-8-18/h2-14,17H,15-16H2,1H3,(H,26,28)(H,27,30). The summed E-state index contributed by atoms with van der Waals surface area (Å²) in [6.45, 7) is 1.42. The lowest BCUT2D eigenvalue weighted by molar-refractivity contribution is -0.151. The van der Waals surface area contributed by atoms with Gasteiger partial charge in [-0.1, -0.05) is 42.5 Å². The van der Waals surface area contributed by atoms with E-state index in [1.165, 1.54) is 13.0 Å². The summed E-state index contributed by atoms with van der Waals surface area (Å²) in [5.41, 5.74) is 1.93. The molecule has 0 fully saturated rings. The van der Waals surface area contributed by atoms with Crippen molar-refractivity contribution < 1.29 is 27.5 Å². The molecule has 180 valence electrons. The van der Waals surface area contributed by atoms with Gasteiger partial charge in [-0.3, -0.25) is 19.3 Å². The number of aliphatic imine (C=N–C) groups is 1. The van der Waals surface area contributed by atoms with Gasteiger partial charge in [0.15, 0.2) is 6.10 Å². The van der Waals surface area contributed by atoms with Gasteiger partial charge < -0.3 is 14.8 Å². The number of carbonyl (C=O) groups excluding carboxylic acids is 2. The molecular weight excluding hydrogens is 470 g/mol. The second-order valence-electron chi connectivity index (χ2n) is 7.69. The number of hydrogen-bond acceptors (Lipinski definition) is 7. The van der Waals surface area contributed by atoms with E-state index in [0.717, 1.165) is 5.56 Å².